The normalized spacial score (nSPS) is 11.7. The molecule has 0 aliphatic heterocycles. The van der Waals surface area contributed by atoms with E-state index < -0.39 is 17.3 Å². The molecule has 0 unspecified atom stereocenters. The molecule has 0 aliphatic rings. The molecule has 0 fully saturated rings. The van der Waals surface area contributed by atoms with Crippen LogP contribution in [0.3, 0.4) is 0 Å². The van der Waals surface area contributed by atoms with E-state index in [1.165, 1.54) is 7.05 Å². The van der Waals surface area contributed by atoms with Gasteiger partial charge in [-0.3, -0.25) is 4.79 Å². The summed E-state index contributed by atoms with van der Waals surface area (Å²) in [4.78, 5) is 10.7. The van der Waals surface area contributed by atoms with Gasteiger partial charge in [-0.05, 0) is 0 Å². The second kappa shape index (κ2) is 2.62. The van der Waals surface area contributed by atoms with Crippen molar-refractivity contribution in [1.29, 1.82) is 0 Å². The van der Waals surface area contributed by atoms with Crippen LogP contribution >= 0.6 is 0 Å². The summed E-state index contributed by atoms with van der Waals surface area (Å²) in [5, 5.41) is 3.23. The number of nitrogens with zero attached hydrogens (tertiary/aromatic N) is 2. The zero-order valence-corrected chi connectivity index (χ0v) is 6.09. The molecular weight excluding hydrogens is 173 g/mol. The van der Waals surface area contributed by atoms with Gasteiger partial charge in [-0.15, -0.1) is 0 Å². The van der Waals surface area contributed by atoms with Crippen molar-refractivity contribution in [3.8, 4) is 0 Å². The minimum atomic E-state index is -4.50. The van der Waals surface area contributed by atoms with E-state index >= 15 is 0 Å². The van der Waals surface area contributed by atoms with Gasteiger partial charge < -0.3 is 0 Å². The molecule has 12 heavy (non-hydrogen) atoms. The molecule has 0 spiro atoms. The SMILES string of the molecule is Cn1ncc(C(F)(F)F)cc1=O. The van der Waals surface area contributed by atoms with Crippen molar-refractivity contribution in [3.05, 3.63) is 28.2 Å². The largest absolute Gasteiger partial charge is 0.418 e. The lowest BCUT2D eigenvalue weighted by Gasteiger charge is -2.04. The highest BCUT2D eigenvalue weighted by Gasteiger charge is 2.31. The van der Waals surface area contributed by atoms with Crippen molar-refractivity contribution in [1.82, 2.24) is 9.78 Å². The Balaban J connectivity index is 3.23. The quantitative estimate of drug-likeness (QED) is 0.588. The van der Waals surface area contributed by atoms with Gasteiger partial charge in [-0.1, -0.05) is 0 Å². The van der Waals surface area contributed by atoms with Crippen molar-refractivity contribution in [3.63, 3.8) is 0 Å². The van der Waals surface area contributed by atoms with Gasteiger partial charge in [0.25, 0.3) is 5.56 Å². The van der Waals surface area contributed by atoms with Crippen LogP contribution < -0.4 is 5.56 Å². The summed E-state index contributed by atoms with van der Waals surface area (Å²) in [5.74, 6) is 0. The van der Waals surface area contributed by atoms with E-state index in [2.05, 4.69) is 5.10 Å². The number of hydrogen-bond donors (Lipinski definition) is 0. The van der Waals surface area contributed by atoms with E-state index in [0.29, 0.717) is 12.3 Å². The maximum absolute atomic E-state index is 11.9. The maximum Gasteiger partial charge on any atom is 0.418 e. The van der Waals surface area contributed by atoms with E-state index in [9.17, 15) is 18.0 Å². The Hall–Kier alpha value is -1.33. The summed E-state index contributed by atoms with van der Waals surface area (Å²) >= 11 is 0. The third-order valence-corrected chi connectivity index (χ3v) is 1.30. The Kier molecular flexibility index (Phi) is 1.91. The molecule has 1 rings (SSSR count). The molecule has 1 aromatic rings. The summed E-state index contributed by atoms with van der Waals surface area (Å²) in [7, 11) is 1.28. The molecule has 0 saturated carbocycles. The molecule has 6 heteroatoms. The Bertz CT molecular complexity index is 341. The molecule has 0 radical (unpaired) electrons. The predicted octanol–water partition coefficient (Wildman–Crippen LogP) is 0.799. The van der Waals surface area contributed by atoms with E-state index in [-0.39, 0.29) is 0 Å². The highest BCUT2D eigenvalue weighted by molar-refractivity contribution is 5.09. The van der Waals surface area contributed by atoms with Crippen molar-refractivity contribution in [2.24, 2.45) is 7.05 Å². The molecule has 0 atom stereocenters. The van der Waals surface area contributed by atoms with Crippen LogP contribution in [0.5, 0.6) is 0 Å². The highest BCUT2D eigenvalue weighted by atomic mass is 19.4. The molecule has 1 heterocycles. The number of aryl methyl sites for hydroxylation is 1. The van der Waals surface area contributed by atoms with Gasteiger partial charge >= 0.3 is 6.18 Å². The van der Waals surface area contributed by atoms with Crippen LogP contribution in [0.15, 0.2) is 17.1 Å². The molecule has 3 nitrogen and oxygen atoms in total. The standard InChI is InChI=1S/C6H5F3N2O/c1-11-5(12)2-4(3-10-11)6(7,8)9/h2-3H,1H3. The Morgan fingerprint density at radius 3 is 2.50 bits per heavy atom. The first kappa shape index (κ1) is 8.76. The van der Waals surface area contributed by atoms with Crippen LogP contribution in [-0.2, 0) is 13.2 Å². The average molecular weight is 178 g/mol. The molecular formula is C6H5F3N2O. The summed E-state index contributed by atoms with van der Waals surface area (Å²) in [6.07, 6.45) is -3.89. The predicted molar refractivity (Wildman–Crippen MR) is 34.5 cm³/mol. The smallest absolute Gasteiger partial charge is 0.268 e. The van der Waals surface area contributed by atoms with Crippen molar-refractivity contribution in [2.75, 3.05) is 0 Å². The van der Waals surface area contributed by atoms with Crippen LogP contribution in [0.25, 0.3) is 0 Å². The zero-order valence-electron chi connectivity index (χ0n) is 6.09. The number of rotatable bonds is 0. The van der Waals surface area contributed by atoms with Crippen molar-refractivity contribution < 1.29 is 13.2 Å². The fraction of sp³-hybridized carbons (Fsp3) is 0.333. The molecule has 0 aromatic carbocycles. The lowest BCUT2D eigenvalue weighted by Crippen LogP contribution is -2.21. The van der Waals surface area contributed by atoms with Gasteiger partial charge in [0.2, 0.25) is 0 Å². The molecule has 0 aliphatic carbocycles. The first-order chi connectivity index (χ1) is 5.41. The van der Waals surface area contributed by atoms with Crippen LogP contribution in [0, 0.1) is 0 Å². The van der Waals surface area contributed by atoms with Crippen LogP contribution in [-0.4, -0.2) is 9.78 Å². The lowest BCUT2D eigenvalue weighted by molar-refractivity contribution is -0.138. The fourth-order valence-electron chi connectivity index (χ4n) is 0.624. The Morgan fingerprint density at radius 2 is 2.08 bits per heavy atom. The highest BCUT2D eigenvalue weighted by Crippen LogP contribution is 2.26. The van der Waals surface area contributed by atoms with E-state index in [1.54, 1.807) is 0 Å². The lowest BCUT2D eigenvalue weighted by atomic mass is 10.3. The van der Waals surface area contributed by atoms with Crippen LogP contribution in [0.1, 0.15) is 5.56 Å². The first-order valence-electron chi connectivity index (χ1n) is 3.02. The van der Waals surface area contributed by atoms with Crippen molar-refractivity contribution in [2.45, 2.75) is 6.18 Å². The number of halogens is 3. The minimum absolute atomic E-state index is 0.507. The molecule has 0 amide bonds. The van der Waals surface area contributed by atoms with Crippen LogP contribution in [0.2, 0.25) is 0 Å². The Morgan fingerprint density at radius 1 is 1.50 bits per heavy atom. The fourth-order valence-corrected chi connectivity index (χ4v) is 0.624. The second-order valence-corrected chi connectivity index (χ2v) is 2.20. The zero-order chi connectivity index (χ0) is 9.35. The third-order valence-electron chi connectivity index (χ3n) is 1.30. The van der Waals surface area contributed by atoms with Gasteiger partial charge in [0.05, 0.1) is 11.8 Å². The molecule has 0 saturated heterocycles. The molecule has 0 bridgehead atoms. The van der Waals surface area contributed by atoms with Gasteiger partial charge in [0.15, 0.2) is 0 Å². The van der Waals surface area contributed by atoms with Gasteiger partial charge in [0.1, 0.15) is 0 Å². The van der Waals surface area contributed by atoms with Crippen molar-refractivity contribution >= 4 is 0 Å². The summed E-state index contributed by atoms with van der Waals surface area (Å²) in [6.45, 7) is 0. The third kappa shape index (κ3) is 1.63. The van der Waals surface area contributed by atoms with Gasteiger partial charge in [-0.2, -0.15) is 18.3 Å². The molecule has 0 N–H and O–H groups in total. The summed E-state index contributed by atoms with van der Waals surface area (Å²) in [5.41, 5.74) is -1.80. The molecule has 66 valence electrons. The van der Waals surface area contributed by atoms with Gasteiger partial charge in [-0.25, -0.2) is 4.68 Å². The average Bonchev–Trinajstić information content (AvgIpc) is 1.92. The summed E-state index contributed by atoms with van der Waals surface area (Å²) in [6, 6.07) is 0.507. The topological polar surface area (TPSA) is 34.9 Å². The Labute approximate surface area is 65.4 Å². The number of alkyl halides is 3. The van der Waals surface area contributed by atoms with E-state index in [0.717, 1.165) is 4.68 Å². The number of hydrogen-bond acceptors (Lipinski definition) is 2. The van der Waals surface area contributed by atoms with E-state index in [1.807, 2.05) is 0 Å². The summed E-state index contributed by atoms with van der Waals surface area (Å²) < 4.78 is 36.6. The van der Waals surface area contributed by atoms with Gasteiger partial charge in [0, 0.05) is 13.1 Å². The van der Waals surface area contributed by atoms with E-state index in [4.69, 9.17) is 0 Å². The number of aromatic nitrogens is 2. The first-order valence-corrected chi connectivity index (χ1v) is 3.02. The monoisotopic (exact) mass is 178 g/mol. The molecule has 1 aromatic heterocycles. The van der Waals surface area contributed by atoms with Crippen LogP contribution in [0.4, 0.5) is 13.2 Å². The minimum Gasteiger partial charge on any atom is -0.268 e. The maximum atomic E-state index is 11.9. The second-order valence-electron chi connectivity index (χ2n) is 2.20.